The first-order valence-electron chi connectivity index (χ1n) is 8.91. The van der Waals surface area contributed by atoms with Crippen LogP contribution in [-0.2, 0) is 17.7 Å². The molecule has 1 amide bonds. The molecule has 2 aromatic carbocycles. The second-order valence-electron chi connectivity index (χ2n) is 6.63. The first-order chi connectivity index (χ1) is 12.7. The first kappa shape index (κ1) is 18.1. The van der Waals surface area contributed by atoms with Crippen LogP contribution < -0.4 is 10.6 Å². The van der Waals surface area contributed by atoms with Gasteiger partial charge in [-0.05, 0) is 67.2 Å². The molecule has 136 valence electrons. The smallest absolute Gasteiger partial charge is 0.337 e. The molecule has 1 atom stereocenters. The number of methoxy groups -OCH3 is 1. The summed E-state index contributed by atoms with van der Waals surface area (Å²) in [5, 5.41) is 6.28. The van der Waals surface area contributed by atoms with Crippen molar-refractivity contribution in [3.63, 3.8) is 0 Å². The Balaban J connectivity index is 1.52. The van der Waals surface area contributed by atoms with E-state index in [2.05, 4.69) is 15.4 Å². The van der Waals surface area contributed by atoms with Crippen molar-refractivity contribution >= 4 is 11.9 Å². The van der Waals surface area contributed by atoms with E-state index >= 15 is 0 Å². The van der Waals surface area contributed by atoms with Gasteiger partial charge in [-0.1, -0.05) is 24.3 Å². The van der Waals surface area contributed by atoms with Crippen molar-refractivity contribution in [3.05, 3.63) is 70.8 Å². The van der Waals surface area contributed by atoms with E-state index in [0.717, 1.165) is 25.1 Å². The molecule has 0 spiro atoms. The fourth-order valence-corrected chi connectivity index (χ4v) is 3.18. The molecule has 3 rings (SSSR count). The van der Waals surface area contributed by atoms with Gasteiger partial charge in [0.25, 0.3) is 5.91 Å². The van der Waals surface area contributed by atoms with Gasteiger partial charge in [-0.3, -0.25) is 4.79 Å². The van der Waals surface area contributed by atoms with Crippen LogP contribution in [0.3, 0.4) is 0 Å². The van der Waals surface area contributed by atoms with E-state index < -0.39 is 0 Å². The summed E-state index contributed by atoms with van der Waals surface area (Å²) in [6, 6.07) is 14.9. The van der Waals surface area contributed by atoms with Crippen LogP contribution in [-0.4, -0.2) is 32.1 Å². The van der Waals surface area contributed by atoms with E-state index in [1.54, 1.807) is 12.1 Å². The second kappa shape index (κ2) is 8.63. The zero-order chi connectivity index (χ0) is 18.4. The Hall–Kier alpha value is -2.66. The third kappa shape index (κ3) is 4.70. The molecule has 1 aliphatic heterocycles. The van der Waals surface area contributed by atoms with Gasteiger partial charge in [-0.15, -0.1) is 0 Å². The topological polar surface area (TPSA) is 67.4 Å². The molecule has 1 fully saturated rings. The SMILES string of the molecule is COC(=O)c1ccc(CNC(=O)c2ccc(CC3CCNC3)cc2)cc1. The summed E-state index contributed by atoms with van der Waals surface area (Å²) in [7, 11) is 1.35. The molecule has 1 saturated heterocycles. The van der Waals surface area contributed by atoms with Gasteiger partial charge >= 0.3 is 5.97 Å². The summed E-state index contributed by atoms with van der Waals surface area (Å²) in [5.41, 5.74) is 3.35. The van der Waals surface area contributed by atoms with E-state index in [1.165, 1.54) is 19.1 Å². The molecule has 1 unspecified atom stereocenters. The van der Waals surface area contributed by atoms with E-state index in [-0.39, 0.29) is 11.9 Å². The Morgan fingerprint density at radius 3 is 2.31 bits per heavy atom. The number of amides is 1. The zero-order valence-electron chi connectivity index (χ0n) is 15.0. The highest BCUT2D eigenvalue weighted by Gasteiger charge is 2.15. The Labute approximate surface area is 153 Å². The van der Waals surface area contributed by atoms with Crippen LogP contribution in [0.2, 0.25) is 0 Å². The van der Waals surface area contributed by atoms with Gasteiger partial charge in [0.05, 0.1) is 12.7 Å². The van der Waals surface area contributed by atoms with Crippen LogP contribution in [0.25, 0.3) is 0 Å². The van der Waals surface area contributed by atoms with Crippen molar-refractivity contribution in [2.24, 2.45) is 5.92 Å². The third-order valence-electron chi connectivity index (χ3n) is 4.73. The minimum atomic E-state index is -0.367. The summed E-state index contributed by atoms with van der Waals surface area (Å²) >= 11 is 0. The van der Waals surface area contributed by atoms with Crippen molar-refractivity contribution in [1.29, 1.82) is 0 Å². The molecule has 5 nitrogen and oxygen atoms in total. The normalized spacial score (nSPS) is 16.3. The molecule has 0 radical (unpaired) electrons. The Bertz CT molecular complexity index is 748. The monoisotopic (exact) mass is 352 g/mol. The summed E-state index contributed by atoms with van der Waals surface area (Å²) < 4.78 is 4.67. The van der Waals surface area contributed by atoms with Crippen molar-refractivity contribution in [2.75, 3.05) is 20.2 Å². The van der Waals surface area contributed by atoms with Crippen LogP contribution in [0.15, 0.2) is 48.5 Å². The minimum Gasteiger partial charge on any atom is -0.465 e. The maximum Gasteiger partial charge on any atom is 0.337 e. The fraction of sp³-hybridized carbons (Fsp3) is 0.333. The molecule has 1 heterocycles. The van der Waals surface area contributed by atoms with Crippen LogP contribution in [0.4, 0.5) is 0 Å². The molecule has 2 N–H and O–H groups in total. The lowest BCUT2D eigenvalue weighted by molar-refractivity contribution is 0.0600. The van der Waals surface area contributed by atoms with Gasteiger partial charge in [-0.25, -0.2) is 4.79 Å². The maximum atomic E-state index is 12.3. The van der Waals surface area contributed by atoms with Crippen LogP contribution >= 0.6 is 0 Å². The second-order valence-corrected chi connectivity index (χ2v) is 6.63. The highest BCUT2D eigenvalue weighted by Crippen LogP contribution is 2.16. The molecule has 2 aromatic rings. The molecular formula is C21H24N2O3. The molecule has 0 saturated carbocycles. The number of ether oxygens (including phenoxy) is 1. The van der Waals surface area contributed by atoms with Gasteiger partial charge in [0.15, 0.2) is 0 Å². The number of benzene rings is 2. The van der Waals surface area contributed by atoms with Crippen molar-refractivity contribution < 1.29 is 14.3 Å². The van der Waals surface area contributed by atoms with Crippen molar-refractivity contribution in [2.45, 2.75) is 19.4 Å². The van der Waals surface area contributed by atoms with Gasteiger partial charge in [0.2, 0.25) is 0 Å². The Kier molecular flexibility index (Phi) is 6.02. The Morgan fingerprint density at radius 2 is 1.69 bits per heavy atom. The number of carbonyl (C=O) groups excluding carboxylic acids is 2. The molecule has 0 aliphatic carbocycles. The molecular weight excluding hydrogens is 328 g/mol. The number of rotatable bonds is 6. The van der Waals surface area contributed by atoms with Crippen LogP contribution in [0.5, 0.6) is 0 Å². The number of carbonyl (C=O) groups is 2. The predicted molar refractivity (Wildman–Crippen MR) is 100 cm³/mol. The zero-order valence-corrected chi connectivity index (χ0v) is 15.0. The van der Waals surface area contributed by atoms with E-state index in [1.807, 2.05) is 36.4 Å². The molecule has 26 heavy (non-hydrogen) atoms. The summed E-state index contributed by atoms with van der Waals surface area (Å²) in [6.07, 6.45) is 2.28. The third-order valence-corrected chi connectivity index (χ3v) is 4.73. The van der Waals surface area contributed by atoms with Crippen molar-refractivity contribution in [1.82, 2.24) is 10.6 Å². The number of esters is 1. The fourth-order valence-electron chi connectivity index (χ4n) is 3.18. The van der Waals surface area contributed by atoms with E-state index in [0.29, 0.717) is 23.6 Å². The highest BCUT2D eigenvalue weighted by molar-refractivity contribution is 5.94. The lowest BCUT2D eigenvalue weighted by atomic mass is 9.98. The van der Waals surface area contributed by atoms with Gasteiger partial charge < -0.3 is 15.4 Å². The minimum absolute atomic E-state index is 0.101. The van der Waals surface area contributed by atoms with Gasteiger partial charge in [0.1, 0.15) is 0 Å². The van der Waals surface area contributed by atoms with Crippen LogP contribution in [0, 0.1) is 5.92 Å². The number of hydrogen-bond acceptors (Lipinski definition) is 4. The average Bonchev–Trinajstić information content (AvgIpc) is 3.19. The highest BCUT2D eigenvalue weighted by atomic mass is 16.5. The quantitative estimate of drug-likeness (QED) is 0.784. The molecule has 1 aliphatic rings. The van der Waals surface area contributed by atoms with Crippen molar-refractivity contribution in [3.8, 4) is 0 Å². The standard InChI is InChI=1S/C21H24N2O3/c1-26-21(25)19-8-4-16(5-9-19)14-23-20(24)18-6-2-15(3-7-18)12-17-10-11-22-13-17/h2-9,17,22H,10-14H2,1H3,(H,23,24). The van der Waals surface area contributed by atoms with Crippen LogP contribution in [0.1, 0.15) is 38.3 Å². The van der Waals surface area contributed by atoms with E-state index in [4.69, 9.17) is 0 Å². The average molecular weight is 352 g/mol. The lowest BCUT2D eigenvalue weighted by Gasteiger charge is -2.09. The lowest BCUT2D eigenvalue weighted by Crippen LogP contribution is -2.22. The van der Waals surface area contributed by atoms with Gasteiger partial charge in [-0.2, -0.15) is 0 Å². The van der Waals surface area contributed by atoms with E-state index in [9.17, 15) is 9.59 Å². The number of hydrogen-bond donors (Lipinski definition) is 2. The summed E-state index contributed by atoms with van der Waals surface area (Å²) in [4.78, 5) is 23.7. The predicted octanol–water partition coefficient (Wildman–Crippen LogP) is 2.56. The summed E-state index contributed by atoms with van der Waals surface area (Å²) in [6.45, 7) is 2.60. The molecule has 0 bridgehead atoms. The maximum absolute atomic E-state index is 12.3. The number of nitrogens with one attached hydrogen (secondary N) is 2. The van der Waals surface area contributed by atoms with Gasteiger partial charge in [0, 0.05) is 12.1 Å². The summed E-state index contributed by atoms with van der Waals surface area (Å²) in [5.74, 6) is 0.229. The Morgan fingerprint density at radius 1 is 1.04 bits per heavy atom. The molecule has 5 heteroatoms. The molecule has 0 aromatic heterocycles. The largest absolute Gasteiger partial charge is 0.465 e. The first-order valence-corrected chi connectivity index (χ1v) is 8.91.